The Kier molecular flexibility index (Phi) is 5.89. The highest BCUT2D eigenvalue weighted by Crippen LogP contribution is 2.19. The van der Waals surface area contributed by atoms with Gasteiger partial charge in [0, 0.05) is 5.02 Å². The molecule has 1 atom stereocenters. The predicted molar refractivity (Wildman–Crippen MR) is 71.1 cm³/mol. The second kappa shape index (κ2) is 7.43. The molecule has 19 heavy (non-hydrogen) atoms. The van der Waals surface area contributed by atoms with E-state index in [-0.39, 0.29) is 13.0 Å². The fourth-order valence-corrected chi connectivity index (χ4v) is 1.57. The Morgan fingerprint density at radius 3 is 2.58 bits per heavy atom. The van der Waals surface area contributed by atoms with Gasteiger partial charge in [-0.15, -0.1) is 0 Å². The number of halogens is 1. The maximum Gasteiger partial charge on any atom is 0.407 e. The molecular weight excluding hydrogens is 270 g/mol. The Labute approximate surface area is 115 Å². The molecule has 0 unspecified atom stereocenters. The fourth-order valence-electron chi connectivity index (χ4n) is 1.44. The van der Waals surface area contributed by atoms with E-state index < -0.39 is 18.1 Å². The largest absolute Gasteiger partial charge is 0.481 e. The zero-order valence-corrected chi connectivity index (χ0v) is 10.9. The number of carbonyl (C=O) groups excluding carboxylic acids is 1. The topological polar surface area (TPSA) is 75.6 Å². The molecule has 102 valence electrons. The van der Waals surface area contributed by atoms with Crippen LogP contribution in [0.5, 0.6) is 0 Å². The number of rotatable bonds is 6. The van der Waals surface area contributed by atoms with Crippen LogP contribution in [-0.2, 0) is 9.53 Å². The molecular formula is C13H14ClNO4. The third-order valence-corrected chi connectivity index (χ3v) is 2.53. The zero-order chi connectivity index (χ0) is 14.3. The van der Waals surface area contributed by atoms with Crippen LogP contribution in [0.4, 0.5) is 4.79 Å². The molecule has 0 bridgehead atoms. The molecule has 0 radical (unpaired) electrons. The van der Waals surface area contributed by atoms with Crippen molar-refractivity contribution in [1.29, 1.82) is 0 Å². The van der Waals surface area contributed by atoms with Crippen molar-refractivity contribution in [1.82, 2.24) is 5.32 Å². The molecule has 0 spiro atoms. The monoisotopic (exact) mass is 283 g/mol. The van der Waals surface area contributed by atoms with E-state index in [1.165, 1.54) is 6.08 Å². The van der Waals surface area contributed by atoms with E-state index in [2.05, 4.69) is 11.9 Å². The van der Waals surface area contributed by atoms with Gasteiger partial charge in [0.1, 0.15) is 6.61 Å². The summed E-state index contributed by atoms with van der Waals surface area (Å²) in [5.41, 5.74) is 0.641. The van der Waals surface area contributed by atoms with Crippen LogP contribution < -0.4 is 5.32 Å². The Hall–Kier alpha value is -2.01. The lowest BCUT2D eigenvalue weighted by molar-refractivity contribution is -0.137. The van der Waals surface area contributed by atoms with Gasteiger partial charge in [0.15, 0.2) is 0 Å². The van der Waals surface area contributed by atoms with Crippen molar-refractivity contribution in [2.75, 3.05) is 6.61 Å². The maximum atomic E-state index is 11.4. The standard InChI is InChI=1S/C13H14ClNO4/c1-2-7-19-13(18)15-11(8-12(16)17)9-3-5-10(14)6-4-9/h2-6,11H,1,7-8H2,(H,15,18)(H,16,17)/t11-/m0/s1. The van der Waals surface area contributed by atoms with Gasteiger partial charge in [-0.3, -0.25) is 4.79 Å². The van der Waals surface area contributed by atoms with Gasteiger partial charge >= 0.3 is 12.1 Å². The smallest absolute Gasteiger partial charge is 0.407 e. The van der Waals surface area contributed by atoms with Crippen molar-refractivity contribution >= 4 is 23.7 Å². The molecule has 2 N–H and O–H groups in total. The van der Waals surface area contributed by atoms with Crippen LogP contribution in [0, 0.1) is 0 Å². The van der Waals surface area contributed by atoms with Crippen LogP contribution >= 0.6 is 11.6 Å². The summed E-state index contributed by atoms with van der Waals surface area (Å²) < 4.78 is 4.76. The molecule has 1 amide bonds. The minimum Gasteiger partial charge on any atom is -0.481 e. The van der Waals surface area contributed by atoms with Gasteiger partial charge in [0.25, 0.3) is 0 Å². The minimum absolute atomic E-state index is 0.0617. The molecule has 1 aromatic carbocycles. The first-order chi connectivity index (χ1) is 9.02. The first-order valence-corrected chi connectivity index (χ1v) is 5.92. The second-order valence-electron chi connectivity index (χ2n) is 3.73. The number of ether oxygens (including phenoxy) is 1. The average Bonchev–Trinajstić information content (AvgIpc) is 2.36. The van der Waals surface area contributed by atoms with Gasteiger partial charge in [0.05, 0.1) is 12.5 Å². The molecule has 6 heteroatoms. The lowest BCUT2D eigenvalue weighted by Gasteiger charge is -2.17. The molecule has 0 aliphatic rings. The van der Waals surface area contributed by atoms with E-state index in [0.29, 0.717) is 10.6 Å². The third kappa shape index (κ3) is 5.44. The van der Waals surface area contributed by atoms with Crippen molar-refractivity contribution in [2.45, 2.75) is 12.5 Å². The first kappa shape index (κ1) is 15.0. The number of hydrogen-bond acceptors (Lipinski definition) is 3. The van der Waals surface area contributed by atoms with Gasteiger partial charge in [-0.05, 0) is 17.7 Å². The number of alkyl carbamates (subject to hydrolysis) is 1. The molecule has 0 fully saturated rings. The summed E-state index contributed by atoms with van der Waals surface area (Å²) in [5, 5.41) is 11.9. The summed E-state index contributed by atoms with van der Waals surface area (Å²) in [5.74, 6) is -1.02. The van der Waals surface area contributed by atoms with Crippen LogP contribution in [0.25, 0.3) is 0 Å². The molecule has 0 heterocycles. The van der Waals surface area contributed by atoms with Crippen LogP contribution in [0.2, 0.25) is 5.02 Å². The van der Waals surface area contributed by atoms with Crippen molar-refractivity contribution < 1.29 is 19.4 Å². The molecule has 0 aliphatic carbocycles. The summed E-state index contributed by atoms with van der Waals surface area (Å²) in [6, 6.07) is 5.89. The van der Waals surface area contributed by atoms with Gasteiger partial charge in [-0.25, -0.2) is 4.79 Å². The molecule has 0 saturated heterocycles. The summed E-state index contributed by atoms with van der Waals surface area (Å²) in [4.78, 5) is 22.2. The van der Waals surface area contributed by atoms with Gasteiger partial charge in [-0.2, -0.15) is 0 Å². The predicted octanol–water partition coefficient (Wildman–Crippen LogP) is 2.77. The van der Waals surface area contributed by atoms with E-state index >= 15 is 0 Å². The molecule has 0 aromatic heterocycles. The highest BCUT2D eigenvalue weighted by Gasteiger charge is 2.18. The maximum absolute atomic E-state index is 11.4. The number of amides is 1. The SMILES string of the molecule is C=CCOC(=O)N[C@@H](CC(=O)O)c1ccc(Cl)cc1. The summed E-state index contributed by atoms with van der Waals surface area (Å²) in [7, 11) is 0. The third-order valence-electron chi connectivity index (χ3n) is 2.28. The number of nitrogens with one attached hydrogen (secondary N) is 1. The Morgan fingerprint density at radius 2 is 2.05 bits per heavy atom. The van der Waals surface area contributed by atoms with Crippen LogP contribution in [-0.4, -0.2) is 23.8 Å². The van der Waals surface area contributed by atoms with E-state index in [4.69, 9.17) is 21.4 Å². The molecule has 0 aliphatic heterocycles. The number of aliphatic carboxylic acids is 1. The second-order valence-corrected chi connectivity index (χ2v) is 4.17. The van der Waals surface area contributed by atoms with Gasteiger partial charge < -0.3 is 15.2 Å². The molecule has 0 saturated carbocycles. The Morgan fingerprint density at radius 1 is 1.42 bits per heavy atom. The number of hydrogen-bond donors (Lipinski definition) is 2. The molecule has 1 aromatic rings. The number of benzene rings is 1. The van der Waals surface area contributed by atoms with Crippen LogP contribution in [0.15, 0.2) is 36.9 Å². The summed E-state index contributed by atoms with van der Waals surface area (Å²) >= 11 is 5.76. The quantitative estimate of drug-likeness (QED) is 0.787. The fraction of sp³-hybridized carbons (Fsp3) is 0.231. The van der Waals surface area contributed by atoms with E-state index in [9.17, 15) is 9.59 Å². The van der Waals surface area contributed by atoms with Crippen molar-refractivity contribution in [3.05, 3.63) is 47.5 Å². The van der Waals surface area contributed by atoms with Crippen molar-refractivity contribution in [3.8, 4) is 0 Å². The highest BCUT2D eigenvalue weighted by molar-refractivity contribution is 6.30. The summed E-state index contributed by atoms with van der Waals surface area (Å²) in [6.45, 7) is 3.48. The van der Waals surface area contributed by atoms with Gasteiger partial charge in [0.2, 0.25) is 0 Å². The van der Waals surface area contributed by atoms with Gasteiger partial charge in [-0.1, -0.05) is 36.4 Å². The van der Waals surface area contributed by atoms with E-state index in [1.807, 2.05) is 0 Å². The van der Waals surface area contributed by atoms with E-state index in [1.54, 1.807) is 24.3 Å². The van der Waals surface area contributed by atoms with Crippen LogP contribution in [0.3, 0.4) is 0 Å². The molecule has 5 nitrogen and oxygen atoms in total. The normalized spacial score (nSPS) is 11.4. The van der Waals surface area contributed by atoms with Crippen molar-refractivity contribution in [2.24, 2.45) is 0 Å². The average molecular weight is 284 g/mol. The number of carboxylic acid groups (broad SMARTS) is 1. The Balaban J connectivity index is 2.76. The lowest BCUT2D eigenvalue weighted by atomic mass is 10.0. The number of carbonyl (C=O) groups is 2. The lowest BCUT2D eigenvalue weighted by Crippen LogP contribution is -2.30. The first-order valence-electron chi connectivity index (χ1n) is 5.54. The van der Waals surface area contributed by atoms with Crippen molar-refractivity contribution in [3.63, 3.8) is 0 Å². The molecule has 1 rings (SSSR count). The summed E-state index contributed by atoms with van der Waals surface area (Å²) in [6.07, 6.45) is 0.486. The highest BCUT2D eigenvalue weighted by atomic mass is 35.5. The van der Waals surface area contributed by atoms with E-state index in [0.717, 1.165) is 0 Å². The van der Waals surface area contributed by atoms with Crippen LogP contribution in [0.1, 0.15) is 18.0 Å². The number of carboxylic acids is 1. The Bertz CT molecular complexity index is 458. The zero-order valence-electron chi connectivity index (χ0n) is 10.1. The minimum atomic E-state index is -1.02.